The third kappa shape index (κ3) is 3.47. The molecule has 8 heteroatoms. The zero-order valence-electron chi connectivity index (χ0n) is 17.7. The van der Waals surface area contributed by atoms with Crippen LogP contribution in [0.5, 0.6) is 5.75 Å². The molecule has 0 spiro atoms. The number of nitro groups is 1. The lowest BCUT2D eigenvalue weighted by atomic mass is 9.95. The first-order chi connectivity index (χ1) is 16.5. The Hall–Kier alpha value is -3.61. The average Bonchev–Trinajstić information content (AvgIpc) is 3.29. The Kier molecular flexibility index (Phi) is 4.94. The molecule has 0 saturated carbocycles. The van der Waals surface area contributed by atoms with Crippen LogP contribution in [0.3, 0.4) is 0 Å². The molecule has 0 unspecified atom stereocenters. The summed E-state index contributed by atoms with van der Waals surface area (Å²) in [6.45, 7) is 0. The Bertz CT molecular complexity index is 1500. The summed E-state index contributed by atoms with van der Waals surface area (Å²) in [7, 11) is 0. The number of hydrogen-bond donors (Lipinski definition) is 0. The van der Waals surface area contributed by atoms with Crippen LogP contribution in [-0.2, 0) is 0 Å². The molecular weight excluding hydrogens is 473 g/mol. The van der Waals surface area contributed by atoms with Gasteiger partial charge >= 0.3 is 0 Å². The number of nitrogens with zero attached hydrogens (tertiary/aromatic N) is 3. The Morgan fingerprint density at radius 2 is 1.79 bits per heavy atom. The fourth-order valence-electron chi connectivity index (χ4n) is 4.67. The molecule has 4 aromatic rings. The van der Waals surface area contributed by atoms with E-state index in [4.69, 9.17) is 33.0 Å². The number of halogens is 2. The summed E-state index contributed by atoms with van der Waals surface area (Å²) in [5.41, 5.74) is 3.38. The third-order valence-electron chi connectivity index (χ3n) is 6.26. The highest BCUT2D eigenvalue weighted by molar-refractivity contribution is 6.35. The zero-order chi connectivity index (χ0) is 23.4. The van der Waals surface area contributed by atoms with E-state index in [1.807, 2.05) is 23.2 Å². The molecule has 0 fully saturated rings. The summed E-state index contributed by atoms with van der Waals surface area (Å²) in [6, 6.07) is 24.2. The van der Waals surface area contributed by atoms with Crippen molar-refractivity contribution < 1.29 is 9.66 Å². The molecule has 0 radical (unpaired) electrons. The van der Waals surface area contributed by atoms with E-state index in [0.29, 0.717) is 27.8 Å². The van der Waals surface area contributed by atoms with Crippen molar-refractivity contribution in [2.24, 2.45) is 5.10 Å². The highest BCUT2D eigenvalue weighted by Crippen LogP contribution is 2.51. The molecule has 2 aliphatic heterocycles. The first kappa shape index (κ1) is 21.0. The summed E-state index contributed by atoms with van der Waals surface area (Å²) >= 11 is 12.8. The van der Waals surface area contributed by atoms with E-state index in [-0.39, 0.29) is 11.7 Å². The molecule has 0 amide bonds. The van der Waals surface area contributed by atoms with Gasteiger partial charge in [-0.2, -0.15) is 5.10 Å². The van der Waals surface area contributed by atoms with Crippen molar-refractivity contribution in [1.29, 1.82) is 0 Å². The fraction of sp³-hybridized carbons (Fsp3) is 0.115. The van der Waals surface area contributed by atoms with Gasteiger partial charge in [0.05, 0.1) is 21.7 Å². The van der Waals surface area contributed by atoms with Crippen LogP contribution >= 0.6 is 23.2 Å². The second kappa shape index (κ2) is 8.01. The number of non-ortho nitro benzene ring substituents is 1. The van der Waals surface area contributed by atoms with E-state index in [1.165, 1.54) is 12.1 Å². The highest BCUT2D eigenvalue weighted by atomic mass is 35.5. The first-order valence-corrected chi connectivity index (χ1v) is 11.5. The average molecular weight is 490 g/mol. The molecule has 34 heavy (non-hydrogen) atoms. The monoisotopic (exact) mass is 489 g/mol. The van der Waals surface area contributed by atoms with Gasteiger partial charge in [0.25, 0.3) is 5.69 Å². The number of hydrazone groups is 1. The van der Waals surface area contributed by atoms with Crippen molar-refractivity contribution in [1.82, 2.24) is 5.01 Å². The molecule has 0 saturated heterocycles. The smallest absolute Gasteiger partial charge is 0.269 e. The van der Waals surface area contributed by atoms with E-state index < -0.39 is 11.2 Å². The Balaban J connectivity index is 1.48. The molecular formula is C26H17Cl2N3O3. The number of hydrogen-bond acceptors (Lipinski definition) is 5. The molecule has 0 aromatic heterocycles. The van der Waals surface area contributed by atoms with Crippen molar-refractivity contribution in [3.8, 4) is 5.75 Å². The molecule has 168 valence electrons. The highest BCUT2D eigenvalue weighted by Gasteiger charge is 2.42. The van der Waals surface area contributed by atoms with E-state index in [9.17, 15) is 10.1 Å². The lowest BCUT2D eigenvalue weighted by molar-refractivity contribution is -0.385. The van der Waals surface area contributed by atoms with Crippen LogP contribution in [0.4, 0.5) is 5.69 Å². The van der Waals surface area contributed by atoms with E-state index in [0.717, 1.165) is 27.6 Å². The van der Waals surface area contributed by atoms with Gasteiger partial charge in [-0.05, 0) is 34.5 Å². The van der Waals surface area contributed by atoms with E-state index in [1.54, 1.807) is 18.2 Å². The lowest BCUT2D eigenvalue weighted by Gasteiger charge is -2.38. The number of ether oxygens (including phenoxy) is 1. The topological polar surface area (TPSA) is 68.0 Å². The van der Waals surface area contributed by atoms with Gasteiger partial charge in [-0.15, -0.1) is 0 Å². The Labute approximate surface area is 205 Å². The number of rotatable bonds is 3. The Morgan fingerprint density at radius 1 is 0.971 bits per heavy atom. The van der Waals surface area contributed by atoms with Gasteiger partial charge in [-0.25, -0.2) is 5.01 Å². The van der Waals surface area contributed by atoms with Crippen LogP contribution < -0.4 is 4.74 Å². The maximum absolute atomic E-state index is 11.4. The van der Waals surface area contributed by atoms with Gasteiger partial charge in [0.15, 0.2) is 0 Å². The third-order valence-corrected chi connectivity index (χ3v) is 6.76. The number of fused-ring (bicyclic) bond motifs is 4. The van der Waals surface area contributed by atoms with Crippen molar-refractivity contribution in [2.75, 3.05) is 0 Å². The minimum Gasteiger partial charge on any atom is -0.463 e. The number of nitro benzene ring substituents is 1. The van der Waals surface area contributed by atoms with Crippen LogP contribution in [0.15, 0.2) is 84.0 Å². The summed E-state index contributed by atoms with van der Waals surface area (Å²) in [5.74, 6) is 0.527. The van der Waals surface area contributed by atoms with Gasteiger partial charge < -0.3 is 4.74 Å². The minimum atomic E-state index is -0.672. The summed E-state index contributed by atoms with van der Waals surface area (Å²) in [6.07, 6.45) is -0.0504. The van der Waals surface area contributed by atoms with Crippen LogP contribution in [0.1, 0.15) is 35.4 Å². The second-order valence-electron chi connectivity index (χ2n) is 8.34. The van der Waals surface area contributed by atoms with Gasteiger partial charge in [0, 0.05) is 34.7 Å². The molecule has 2 atom stereocenters. The van der Waals surface area contributed by atoms with Gasteiger partial charge in [0.2, 0.25) is 6.23 Å². The van der Waals surface area contributed by atoms with Crippen LogP contribution in [0.2, 0.25) is 10.0 Å². The normalized spacial score (nSPS) is 18.8. The zero-order valence-corrected chi connectivity index (χ0v) is 19.2. The van der Waals surface area contributed by atoms with Crippen LogP contribution in [0.25, 0.3) is 10.8 Å². The molecule has 6 rings (SSSR count). The minimum absolute atomic E-state index is 0.0106. The van der Waals surface area contributed by atoms with Crippen molar-refractivity contribution >= 4 is 45.4 Å². The largest absolute Gasteiger partial charge is 0.463 e. The molecule has 0 aliphatic carbocycles. The summed E-state index contributed by atoms with van der Waals surface area (Å²) in [5, 5.41) is 21.4. The first-order valence-electron chi connectivity index (χ1n) is 10.7. The van der Waals surface area contributed by atoms with Gasteiger partial charge in [0.1, 0.15) is 5.75 Å². The predicted octanol–water partition coefficient (Wildman–Crippen LogP) is 7.30. The predicted molar refractivity (Wildman–Crippen MR) is 133 cm³/mol. The molecule has 2 heterocycles. The van der Waals surface area contributed by atoms with Gasteiger partial charge in [-0.3, -0.25) is 10.1 Å². The summed E-state index contributed by atoms with van der Waals surface area (Å²) in [4.78, 5) is 11.0. The van der Waals surface area contributed by atoms with Crippen molar-refractivity contribution in [3.63, 3.8) is 0 Å². The lowest BCUT2D eigenvalue weighted by Crippen LogP contribution is -2.33. The quantitative estimate of drug-likeness (QED) is 0.223. The SMILES string of the molecule is O=[N+]([O-])c1cccc([C@H]2Oc3c(Cl)cc(Cl)cc3[C@@H]3CC(c4ccc5ccccc5c4)=NN23)c1. The molecule has 4 aromatic carbocycles. The standard InChI is InChI=1S/C26H17Cl2N3O3/c27-19-12-21-24-14-23(17-9-8-15-4-1-2-5-16(15)10-17)29-30(24)26(34-25(21)22(28)13-19)18-6-3-7-20(11-18)31(32)33/h1-13,24,26H,14H2/t24-,26+/m0/s1. The molecule has 2 aliphatic rings. The van der Waals surface area contributed by atoms with E-state index in [2.05, 4.69) is 30.3 Å². The molecule has 0 N–H and O–H groups in total. The fourth-order valence-corrected chi connectivity index (χ4v) is 5.22. The van der Waals surface area contributed by atoms with Gasteiger partial charge in [-0.1, -0.05) is 71.7 Å². The van der Waals surface area contributed by atoms with Crippen molar-refractivity contribution in [2.45, 2.75) is 18.7 Å². The molecule has 6 nitrogen and oxygen atoms in total. The van der Waals surface area contributed by atoms with Crippen LogP contribution in [-0.4, -0.2) is 15.6 Å². The second-order valence-corrected chi connectivity index (χ2v) is 9.18. The van der Waals surface area contributed by atoms with Crippen molar-refractivity contribution in [3.05, 3.63) is 116 Å². The van der Waals surface area contributed by atoms with E-state index >= 15 is 0 Å². The molecule has 0 bridgehead atoms. The van der Waals surface area contributed by atoms with Crippen LogP contribution in [0, 0.1) is 10.1 Å². The maximum Gasteiger partial charge on any atom is 0.269 e. The summed E-state index contributed by atoms with van der Waals surface area (Å²) < 4.78 is 6.31. The number of benzene rings is 4. The maximum atomic E-state index is 11.4. The Morgan fingerprint density at radius 3 is 2.62 bits per heavy atom.